The van der Waals surface area contributed by atoms with Gasteiger partial charge in [0, 0.05) is 31.1 Å². The van der Waals surface area contributed by atoms with Crippen LogP contribution in [0.4, 0.5) is 0 Å². The quantitative estimate of drug-likeness (QED) is 0.113. The van der Waals surface area contributed by atoms with Crippen LogP contribution in [0.15, 0.2) is 119 Å². The van der Waals surface area contributed by atoms with Gasteiger partial charge in [0.1, 0.15) is 0 Å². The molecule has 1 aromatic heterocycles. The monoisotopic (exact) mass is 679 g/mol. The van der Waals surface area contributed by atoms with E-state index < -0.39 is 0 Å². The van der Waals surface area contributed by atoms with Gasteiger partial charge in [0.15, 0.2) is 5.78 Å². The van der Waals surface area contributed by atoms with Crippen molar-refractivity contribution in [3.8, 4) is 33.5 Å². The summed E-state index contributed by atoms with van der Waals surface area (Å²) in [6, 6.07) is 37.5. The molecule has 5 heteroatoms. The predicted molar refractivity (Wildman–Crippen MR) is 148 cm³/mol. The predicted octanol–water partition coefficient (Wildman–Crippen LogP) is 8.54. The standard InChI is InChI=1S/C27H16NS.C5H8O2.Ir/c1-5-13-23-18(8-1)16-17-24(28-23)22-12-7-15-26-27(22)21-11-3-2-9-19(21)20-10-4-6-14-25(20)29-26;1-4(6)3-5(2)7;/h1-11,13-17H;3,6H,1-2H3;/q-1;;/b;4-3-;. The van der Waals surface area contributed by atoms with Crippen LogP contribution in [-0.2, 0) is 24.9 Å². The molecule has 185 valence electrons. The maximum atomic E-state index is 10.0. The number of rotatable bonds is 2. The first kappa shape index (κ1) is 26.6. The molecule has 0 amide bonds. The van der Waals surface area contributed by atoms with Gasteiger partial charge in [0.25, 0.3) is 0 Å². The van der Waals surface area contributed by atoms with E-state index in [0.29, 0.717) is 0 Å². The molecule has 0 atom stereocenters. The average molecular weight is 679 g/mol. The van der Waals surface area contributed by atoms with Crippen LogP contribution < -0.4 is 0 Å². The zero-order valence-electron chi connectivity index (χ0n) is 20.4. The average Bonchev–Trinajstić information content (AvgIpc) is 3.02. The van der Waals surface area contributed by atoms with Crippen molar-refractivity contribution >= 4 is 28.4 Å². The molecule has 1 aliphatic rings. The Kier molecular flexibility index (Phi) is 8.40. The number of carbonyl (C=O) groups is 1. The number of aliphatic hydroxyl groups is 1. The molecule has 3 nitrogen and oxygen atoms in total. The minimum atomic E-state index is -0.125. The van der Waals surface area contributed by atoms with E-state index >= 15 is 0 Å². The summed E-state index contributed by atoms with van der Waals surface area (Å²) in [5, 5.41) is 9.52. The number of para-hydroxylation sites is 1. The first-order chi connectivity index (χ1) is 17.5. The van der Waals surface area contributed by atoms with Crippen molar-refractivity contribution in [1.82, 2.24) is 4.98 Å². The van der Waals surface area contributed by atoms with Crippen LogP contribution in [0, 0.1) is 6.07 Å². The molecule has 6 rings (SSSR count). The number of benzene rings is 4. The largest absolute Gasteiger partial charge is 0.512 e. The Morgan fingerprint density at radius 3 is 2.22 bits per heavy atom. The molecule has 37 heavy (non-hydrogen) atoms. The van der Waals surface area contributed by atoms with Gasteiger partial charge >= 0.3 is 0 Å². The number of pyridine rings is 1. The molecule has 0 fully saturated rings. The summed E-state index contributed by atoms with van der Waals surface area (Å²) in [6.45, 7) is 2.85. The number of fused-ring (bicyclic) bond motifs is 6. The Hall–Kier alpha value is -3.50. The molecule has 0 aliphatic carbocycles. The molecular weight excluding hydrogens is 655 g/mol. The molecule has 0 unspecified atom stereocenters. The second kappa shape index (κ2) is 11.7. The number of nitrogens with zero attached hydrogens (tertiary/aromatic N) is 1. The van der Waals surface area contributed by atoms with Crippen LogP contribution in [-0.4, -0.2) is 15.9 Å². The molecule has 1 N–H and O–H groups in total. The summed E-state index contributed by atoms with van der Waals surface area (Å²) in [5.74, 6) is -0.0625. The van der Waals surface area contributed by atoms with Crippen LogP contribution in [0.5, 0.6) is 0 Å². The molecule has 4 aromatic carbocycles. The fourth-order valence-electron chi connectivity index (χ4n) is 4.37. The third-order valence-corrected chi connectivity index (χ3v) is 6.96. The van der Waals surface area contributed by atoms with Crippen molar-refractivity contribution in [2.45, 2.75) is 23.6 Å². The molecular formula is C32H24IrNO2S-. The number of aromatic nitrogens is 1. The fraction of sp³-hybridized carbons (Fsp3) is 0.0625. The second-order valence-electron chi connectivity index (χ2n) is 8.52. The van der Waals surface area contributed by atoms with Crippen LogP contribution in [0.2, 0.25) is 0 Å². The first-order valence-electron chi connectivity index (χ1n) is 11.7. The Morgan fingerprint density at radius 1 is 0.811 bits per heavy atom. The number of hydrogen-bond acceptors (Lipinski definition) is 4. The SMILES string of the molecule is CC(=O)/C=C(/C)O.[Ir].[c-]1ccc2c(c1-c1ccc3ccccc3n1)-c1ccccc1-c1ccccc1S2. The van der Waals surface area contributed by atoms with Crippen LogP contribution in [0.3, 0.4) is 0 Å². The summed E-state index contributed by atoms with van der Waals surface area (Å²) < 4.78 is 0. The van der Waals surface area contributed by atoms with E-state index in [1.807, 2.05) is 23.9 Å². The van der Waals surface area contributed by atoms with Gasteiger partial charge in [-0.15, -0.1) is 35.5 Å². The van der Waals surface area contributed by atoms with Crippen molar-refractivity contribution in [3.05, 3.63) is 115 Å². The number of aliphatic hydroxyl groups excluding tert-OH is 1. The summed E-state index contributed by atoms with van der Waals surface area (Å²) in [6.07, 6.45) is 1.17. The maximum absolute atomic E-state index is 10.0. The smallest absolute Gasteiger partial charge is 0.155 e. The molecule has 2 heterocycles. The van der Waals surface area contributed by atoms with Gasteiger partial charge < -0.3 is 5.11 Å². The van der Waals surface area contributed by atoms with Crippen molar-refractivity contribution < 1.29 is 30.0 Å². The van der Waals surface area contributed by atoms with E-state index in [1.165, 1.54) is 52.0 Å². The Labute approximate surface area is 234 Å². The van der Waals surface area contributed by atoms with E-state index in [2.05, 4.69) is 91.0 Å². The summed E-state index contributed by atoms with van der Waals surface area (Å²) in [5.41, 5.74) is 8.02. The van der Waals surface area contributed by atoms with Crippen molar-refractivity contribution in [1.29, 1.82) is 0 Å². The van der Waals surface area contributed by atoms with E-state index in [1.54, 1.807) is 0 Å². The summed E-state index contributed by atoms with van der Waals surface area (Å²) in [4.78, 5) is 17.5. The summed E-state index contributed by atoms with van der Waals surface area (Å²) >= 11 is 1.82. The molecule has 5 aromatic rings. The molecule has 0 saturated carbocycles. The van der Waals surface area contributed by atoms with Gasteiger partial charge in [-0.2, -0.15) is 0 Å². The fourth-order valence-corrected chi connectivity index (χ4v) is 5.49. The normalized spacial score (nSPS) is 11.6. The molecule has 1 aliphatic heterocycles. The Morgan fingerprint density at radius 2 is 1.49 bits per heavy atom. The first-order valence-corrected chi connectivity index (χ1v) is 12.5. The maximum Gasteiger partial charge on any atom is 0.155 e. The Bertz CT molecular complexity index is 1620. The van der Waals surface area contributed by atoms with Gasteiger partial charge in [0.05, 0.1) is 11.3 Å². The zero-order valence-corrected chi connectivity index (χ0v) is 23.6. The molecule has 1 radical (unpaired) electrons. The van der Waals surface area contributed by atoms with E-state index in [-0.39, 0.29) is 31.6 Å². The van der Waals surface area contributed by atoms with E-state index in [9.17, 15) is 4.79 Å². The van der Waals surface area contributed by atoms with Gasteiger partial charge in [-0.1, -0.05) is 88.8 Å². The van der Waals surface area contributed by atoms with Gasteiger partial charge in [-0.3, -0.25) is 9.78 Å². The van der Waals surface area contributed by atoms with Gasteiger partial charge in [-0.25, -0.2) is 0 Å². The third-order valence-electron chi connectivity index (χ3n) is 5.82. The molecule has 0 bridgehead atoms. The minimum absolute atomic E-state index is 0. The van der Waals surface area contributed by atoms with Crippen LogP contribution in [0.25, 0.3) is 44.4 Å². The topological polar surface area (TPSA) is 50.2 Å². The third kappa shape index (κ3) is 5.75. The van der Waals surface area contributed by atoms with Crippen LogP contribution >= 0.6 is 11.8 Å². The molecule has 0 spiro atoms. The number of carbonyl (C=O) groups excluding carboxylic acids is 1. The van der Waals surface area contributed by atoms with Crippen molar-refractivity contribution in [2.24, 2.45) is 0 Å². The minimum Gasteiger partial charge on any atom is -0.512 e. The van der Waals surface area contributed by atoms with Crippen LogP contribution in [0.1, 0.15) is 13.8 Å². The summed E-state index contributed by atoms with van der Waals surface area (Å²) in [7, 11) is 0. The van der Waals surface area contributed by atoms with E-state index in [4.69, 9.17) is 10.1 Å². The molecule has 0 saturated heterocycles. The van der Waals surface area contributed by atoms with Gasteiger partial charge in [-0.05, 0) is 48.2 Å². The van der Waals surface area contributed by atoms with Crippen molar-refractivity contribution in [2.75, 3.05) is 0 Å². The number of hydrogen-bond donors (Lipinski definition) is 1. The number of ketones is 1. The van der Waals surface area contributed by atoms with Crippen molar-refractivity contribution in [3.63, 3.8) is 0 Å². The van der Waals surface area contributed by atoms with Gasteiger partial charge in [0.2, 0.25) is 0 Å². The van der Waals surface area contributed by atoms with E-state index in [0.717, 1.165) is 22.2 Å². The number of allylic oxidation sites excluding steroid dienone is 2. The Balaban J connectivity index is 0.000000356. The second-order valence-corrected chi connectivity index (χ2v) is 9.61. The zero-order chi connectivity index (χ0) is 25.1.